The summed E-state index contributed by atoms with van der Waals surface area (Å²) in [5, 5.41) is 3.91. The molecular weight excluding hydrogens is 350 g/mol. The summed E-state index contributed by atoms with van der Waals surface area (Å²) in [6.07, 6.45) is 4.93. The van der Waals surface area contributed by atoms with E-state index in [0.29, 0.717) is 12.5 Å². The molecule has 0 aliphatic heterocycles. The van der Waals surface area contributed by atoms with Crippen molar-refractivity contribution in [2.75, 3.05) is 0 Å². The van der Waals surface area contributed by atoms with Crippen LogP contribution in [0, 0.1) is 5.92 Å². The number of thiazole rings is 1. The monoisotopic (exact) mass is 373 g/mol. The molecule has 4 nitrogen and oxygen atoms in total. The first-order chi connectivity index (χ1) is 11.8. The molecule has 0 bridgehead atoms. The summed E-state index contributed by atoms with van der Waals surface area (Å²) in [5.41, 5.74) is 2.45. The predicted molar refractivity (Wildman–Crippen MR) is 105 cm³/mol. The molecule has 1 atom stereocenters. The fourth-order valence-corrected chi connectivity index (χ4v) is 5.71. The molecule has 3 aromatic rings. The Hall–Kier alpha value is -1.53. The van der Waals surface area contributed by atoms with E-state index in [0.717, 1.165) is 40.2 Å². The molecule has 4 rings (SSSR count). The number of fused-ring (bicyclic) bond motifs is 3. The Morgan fingerprint density at radius 3 is 2.88 bits per heavy atom. The van der Waals surface area contributed by atoms with Gasteiger partial charge in [-0.2, -0.15) is 0 Å². The first kappa shape index (κ1) is 16.9. The van der Waals surface area contributed by atoms with Crippen LogP contribution in [-0.4, -0.2) is 14.5 Å². The Kier molecular flexibility index (Phi) is 4.07. The van der Waals surface area contributed by atoms with Gasteiger partial charge < -0.3 is 0 Å². The quantitative estimate of drug-likeness (QED) is 0.669. The van der Waals surface area contributed by atoms with Gasteiger partial charge in [-0.15, -0.1) is 22.7 Å². The van der Waals surface area contributed by atoms with Crippen LogP contribution >= 0.6 is 22.7 Å². The summed E-state index contributed by atoms with van der Waals surface area (Å²) >= 11 is 3.32. The normalized spacial score (nSPS) is 17.8. The number of hydrogen-bond donors (Lipinski definition) is 0. The Bertz CT molecular complexity index is 990. The maximum atomic E-state index is 13.1. The van der Waals surface area contributed by atoms with Crippen LogP contribution in [0.25, 0.3) is 10.2 Å². The van der Waals surface area contributed by atoms with Crippen LogP contribution in [0.2, 0.25) is 0 Å². The lowest BCUT2D eigenvalue weighted by Gasteiger charge is -2.17. The largest absolute Gasteiger partial charge is 0.292 e. The van der Waals surface area contributed by atoms with Gasteiger partial charge in [0.15, 0.2) is 0 Å². The van der Waals surface area contributed by atoms with Gasteiger partial charge in [-0.25, -0.2) is 9.97 Å². The van der Waals surface area contributed by atoms with Gasteiger partial charge in [-0.1, -0.05) is 27.7 Å². The minimum atomic E-state index is 0.0328. The van der Waals surface area contributed by atoms with E-state index in [1.54, 1.807) is 33.6 Å². The second-order valence-electron chi connectivity index (χ2n) is 8.09. The second kappa shape index (κ2) is 6.02. The van der Waals surface area contributed by atoms with E-state index in [-0.39, 0.29) is 11.0 Å². The topological polar surface area (TPSA) is 47.8 Å². The Morgan fingerprint density at radius 1 is 1.36 bits per heavy atom. The third-order valence-electron chi connectivity index (χ3n) is 4.91. The smallest absolute Gasteiger partial charge is 0.262 e. The third kappa shape index (κ3) is 3.06. The third-order valence-corrected chi connectivity index (χ3v) is 6.90. The van der Waals surface area contributed by atoms with Gasteiger partial charge in [0.2, 0.25) is 0 Å². The highest BCUT2D eigenvalue weighted by molar-refractivity contribution is 7.18. The molecule has 0 fully saturated rings. The number of aryl methyl sites for hydroxylation is 1. The molecular formula is C19H23N3OS2. The van der Waals surface area contributed by atoms with E-state index in [1.165, 1.54) is 10.4 Å². The molecule has 0 saturated carbocycles. The summed E-state index contributed by atoms with van der Waals surface area (Å²) in [7, 11) is 0. The van der Waals surface area contributed by atoms with Gasteiger partial charge in [0.05, 0.1) is 24.0 Å². The van der Waals surface area contributed by atoms with Crippen LogP contribution in [-0.2, 0) is 24.8 Å². The molecule has 0 aromatic carbocycles. The molecule has 25 heavy (non-hydrogen) atoms. The van der Waals surface area contributed by atoms with Crippen molar-refractivity contribution in [2.45, 2.75) is 58.9 Å². The summed E-state index contributed by atoms with van der Waals surface area (Å²) in [6.45, 7) is 9.26. The number of nitrogens with zero attached hydrogens (tertiary/aromatic N) is 3. The van der Waals surface area contributed by atoms with Crippen LogP contribution in [0.3, 0.4) is 0 Å². The lowest BCUT2D eigenvalue weighted by molar-refractivity contribution is 0.509. The lowest BCUT2D eigenvalue weighted by atomic mass is 9.89. The molecule has 1 aliphatic rings. The fraction of sp³-hybridized carbons (Fsp3) is 0.526. The standard InChI is InChI=1S/C19H23N3OS2/c1-11-5-6-12-13(7-11)25-17-16(12)18(23)22(10-20-17)8-15-21-14(9-24-15)19(2,3)4/h9-11H,5-8H2,1-4H3. The molecule has 0 N–H and O–H groups in total. The zero-order valence-electron chi connectivity index (χ0n) is 15.1. The SMILES string of the molecule is CC1CCc2c(sc3ncn(Cc4nc(C(C)(C)C)cs4)c(=O)c23)C1. The number of rotatable bonds is 2. The second-order valence-corrected chi connectivity index (χ2v) is 10.1. The molecule has 0 saturated heterocycles. The van der Waals surface area contributed by atoms with E-state index in [4.69, 9.17) is 4.98 Å². The van der Waals surface area contributed by atoms with Gasteiger partial charge in [0.1, 0.15) is 9.84 Å². The van der Waals surface area contributed by atoms with Crippen LogP contribution in [0.15, 0.2) is 16.5 Å². The summed E-state index contributed by atoms with van der Waals surface area (Å²) in [4.78, 5) is 24.6. The lowest BCUT2D eigenvalue weighted by Crippen LogP contribution is -2.22. The van der Waals surface area contributed by atoms with Gasteiger partial charge in [-0.05, 0) is 30.7 Å². The maximum Gasteiger partial charge on any atom is 0.262 e. The summed E-state index contributed by atoms with van der Waals surface area (Å²) < 4.78 is 1.72. The average Bonchev–Trinajstić information content (AvgIpc) is 3.13. The van der Waals surface area contributed by atoms with Crippen molar-refractivity contribution >= 4 is 32.9 Å². The predicted octanol–water partition coefficient (Wildman–Crippen LogP) is 4.39. The van der Waals surface area contributed by atoms with Crippen molar-refractivity contribution in [1.29, 1.82) is 0 Å². The highest BCUT2D eigenvalue weighted by Crippen LogP contribution is 2.35. The van der Waals surface area contributed by atoms with Crippen LogP contribution in [0.1, 0.15) is 55.3 Å². The van der Waals surface area contributed by atoms with E-state index in [1.807, 2.05) is 0 Å². The van der Waals surface area contributed by atoms with Gasteiger partial charge in [0, 0.05) is 15.7 Å². The summed E-state index contributed by atoms with van der Waals surface area (Å²) in [5.74, 6) is 0.703. The van der Waals surface area contributed by atoms with E-state index >= 15 is 0 Å². The van der Waals surface area contributed by atoms with E-state index in [2.05, 4.69) is 38.1 Å². The average molecular weight is 374 g/mol. The number of hydrogen-bond acceptors (Lipinski definition) is 5. The Labute approximate surface area is 155 Å². The highest BCUT2D eigenvalue weighted by Gasteiger charge is 2.23. The number of thiophene rings is 1. The molecule has 3 heterocycles. The molecule has 1 aliphatic carbocycles. The number of aromatic nitrogens is 3. The van der Waals surface area contributed by atoms with Crippen LogP contribution in [0.4, 0.5) is 0 Å². The zero-order valence-corrected chi connectivity index (χ0v) is 16.8. The first-order valence-electron chi connectivity index (χ1n) is 8.77. The molecule has 0 spiro atoms. The van der Waals surface area contributed by atoms with E-state index < -0.39 is 0 Å². The molecule has 1 unspecified atom stereocenters. The van der Waals surface area contributed by atoms with E-state index in [9.17, 15) is 4.79 Å². The Morgan fingerprint density at radius 2 is 2.16 bits per heavy atom. The van der Waals surface area contributed by atoms with Crippen molar-refractivity contribution in [1.82, 2.24) is 14.5 Å². The Balaban J connectivity index is 1.73. The molecule has 0 amide bonds. The van der Waals surface area contributed by atoms with Crippen LogP contribution in [0.5, 0.6) is 0 Å². The van der Waals surface area contributed by atoms with Gasteiger partial charge in [-0.3, -0.25) is 9.36 Å². The zero-order chi connectivity index (χ0) is 17.8. The molecule has 132 valence electrons. The van der Waals surface area contributed by atoms with Gasteiger partial charge >= 0.3 is 0 Å². The molecule has 0 radical (unpaired) electrons. The highest BCUT2D eigenvalue weighted by atomic mass is 32.1. The van der Waals surface area contributed by atoms with Crippen molar-refractivity contribution in [3.05, 3.63) is 43.2 Å². The summed E-state index contributed by atoms with van der Waals surface area (Å²) in [6, 6.07) is 0. The first-order valence-corrected chi connectivity index (χ1v) is 10.5. The molecule has 3 aromatic heterocycles. The maximum absolute atomic E-state index is 13.1. The molecule has 6 heteroatoms. The minimum Gasteiger partial charge on any atom is -0.292 e. The van der Waals surface area contributed by atoms with Crippen LogP contribution < -0.4 is 5.56 Å². The minimum absolute atomic E-state index is 0.0328. The van der Waals surface area contributed by atoms with Crippen molar-refractivity contribution in [2.24, 2.45) is 5.92 Å². The van der Waals surface area contributed by atoms with Crippen molar-refractivity contribution < 1.29 is 0 Å². The van der Waals surface area contributed by atoms with Crippen molar-refractivity contribution in [3.8, 4) is 0 Å². The fourth-order valence-electron chi connectivity index (χ4n) is 3.35. The van der Waals surface area contributed by atoms with Crippen molar-refractivity contribution in [3.63, 3.8) is 0 Å². The van der Waals surface area contributed by atoms with Gasteiger partial charge in [0.25, 0.3) is 5.56 Å².